The fourth-order valence-electron chi connectivity index (χ4n) is 3.03. The molecule has 2 heterocycles. The van der Waals surface area contributed by atoms with Gasteiger partial charge in [0.2, 0.25) is 0 Å². The van der Waals surface area contributed by atoms with E-state index in [1.54, 1.807) is 0 Å². The molecule has 2 aliphatic heterocycles. The minimum absolute atomic E-state index is 0.175. The van der Waals surface area contributed by atoms with Crippen LogP contribution in [0.2, 0.25) is 0 Å². The number of likely N-dealkylation sites (tertiary alicyclic amines) is 1. The van der Waals surface area contributed by atoms with Gasteiger partial charge < -0.3 is 15.3 Å². The van der Waals surface area contributed by atoms with Gasteiger partial charge in [0.05, 0.1) is 6.10 Å². The van der Waals surface area contributed by atoms with Crippen LogP contribution in [0.3, 0.4) is 0 Å². The van der Waals surface area contributed by atoms with Crippen molar-refractivity contribution in [2.24, 2.45) is 5.92 Å². The normalized spacial score (nSPS) is 32.0. The Hall–Kier alpha value is -0.120. The number of nitrogens with zero attached hydrogens (tertiary/aromatic N) is 1. The number of nitrogens with one attached hydrogen (secondary N) is 1. The number of hydrogen-bond acceptors (Lipinski definition) is 3. The summed E-state index contributed by atoms with van der Waals surface area (Å²) in [4.78, 5) is 2.40. The minimum Gasteiger partial charge on any atom is -0.392 e. The molecule has 0 aromatic carbocycles. The molecule has 2 unspecified atom stereocenters. The molecule has 88 valence electrons. The lowest BCUT2D eigenvalue weighted by molar-refractivity contribution is 0.0938. The lowest BCUT2D eigenvalue weighted by Gasteiger charge is -2.35. The summed E-state index contributed by atoms with van der Waals surface area (Å²) in [6.07, 6.45) is 5.18. The van der Waals surface area contributed by atoms with Gasteiger partial charge in [0.1, 0.15) is 0 Å². The van der Waals surface area contributed by atoms with Crippen LogP contribution in [0.5, 0.6) is 0 Å². The van der Waals surface area contributed by atoms with Gasteiger partial charge in [-0.1, -0.05) is 0 Å². The van der Waals surface area contributed by atoms with Crippen LogP contribution in [-0.4, -0.2) is 48.3 Å². The van der Waals surface area contributed by atoms with Crippen LogP contribution >= 0.6 is 0 Å². The summed E-state index contributed by atoms with van der Waals surface area (Å²) in [5, 5.41) is 12.9. The van der Waals surface area contributed by atoms with Crippen molar-refractivity contribution in [3.63, 3.8) is 0 Å². The quantitative estimate of drug-likeness (QED) is 0.727. The molecule has 2 N–H and O–H groups in total. The first-order chi connectivity index (χ1) is 7.25. The number of piperidine rings is 1. The molecular weight excluding hydrogens is 188 g/mol. The second kappa shape index (κ2) is 5.28. The molecule has 15 heavy (non-hydrogen) atoms. The Kier molecular flexibility index (Phi) is 4.00. The molecule has 2 fully saturated rings. The lowest BCUT2D eigenvalue weighted by atomic mass is 9.88. The molecule has 0 aromatic heterocycles. The molecule has 3 heteroatoms. The third-order valence-electron chi connectivity index (χ3n) is 3.82. The van der Waals surface area contributed by atoms with Gasteiger partial charge in [-0.2, -0.15) is 0 Å². The predicted octanol–water partition coefficient (Wildman–Crippen LogP) is 0.831. The number of β-amino-alcohol motifs (C(OH)–C–C–N with tert-alkyl or cyclic N) is 1. The Morgan fingerprint density at radius 3 is 2.60 bits per heavy atom. The molecule has 3 nitrogen and oxygen atoms in total. The van der Waals surface area contributed by atoms with E-state index in [9.17, 15) is 5.11 Å². The second-order valence-corrected chi connectivity index (χ2v) is 5.19. The van der Waals surface area contributed by atoms with Gasteiger partial charge in [0, 0.05) is 12.6 Å². The van der Waals surface area contributed by atoms with Crippen LogP contribution in [0.25, 0.3) is 0 Å². The van der Waals surface area contributed by atoms with Crippen molar-refractivity contribution in [1.82, 2.24) is 10.2 Å². The number of aliphatic hydroxyl groups excluding tert-OH is 1. The highest BCUT2D eigenvalue weighted by Gasteiger charge is 2.28. The molecule has 2 aliphatic rings. The van der Waals surface area contributed by atoms with E-state index in [2.05, 4.69) is 10.2 Å². The van der Waals surface area contributed by atoms with Gasteiger partial charge in [0.15, 0.2) is 0 Å². The van der Waals surface area contributed by atoms with E-state index in [0.29, 0.717) is 0 Å². The molecule has 2 saturated heterocycles. The van der Waals surface area contributed by atoms with Crippen molar-refractivity contribution in [2.45, 2.75) is 44.8 Å². The largest absolute Gasteiger partial charge is 0.392 e. The summed E-state index contributed by atoms with van der Waals surface area (Å²) < 4.78 is 0. The molecule has 2 rings (SSSR count). The average molecular weight is 212 g/mol. The number of rotatable bonds is 3. The van der Waals surface area contributed by atoms with Gasteiger partial charge in [-0.25, -0.2) is 0 Å². The smallest absolute Gasteiger partial charge is 0.0639 e. The maximum Gasteiger partial charge on any atom is 0.0639 e. The first kappa shape index (κ1) is 11.4. The zero-order valence-electron chi connectivity index (χ0n) is 9.78. The van der Waals surface area contributed by atoms with Gasteiger partial charge in [-0.05, 0) is 58.2 Å². The van der Waals surface area contributed by atoms with Crippen LogP contribution in [0.1, 0.15) is 32.6 Å². The Morgan fingerprint density at radius 2 is 2.07 bits per heavy atom. The van der Waals surface area contributed by atoms with E-state index < -0.39 is 0 Å². The summed E-state index contributed by atoms with van der Waals surface area (Å²) in [5.41, 5.74) is 0. The molecule has 0 aromatic rings. The Balaban J connectivity index is 1.71. The standard InChI is InChI=1S/C12H24N2O/c1-10(15)9-14-7-4-11(5-8-14)12-3-2-6-13-12/h10-13,15H,2-9H2,1H3. The molecular formula is C12H24N2O. The Labute approximate surface area is 92.8 Å². The van der Waals surface area contributed by atoms with Crippen molar-refractivity contribution in [3.05, 3.63) is 0 Å². The van der Waals surface area contributed by atoms with E-state index in [4.69, 9.17) is 0 Å². The Bertz CT molecular complexity index is 182. The highest BCUT2D eigenvalue weighted by molar-refractivity contribution is 4.85. The highest BCUT2D eigenvalue weighted by Crippen LogP contribution is 2.25. The fraction of sp³-hybridized carbons (Fsp3) is 1.00. The highest BCUT2D eigenvalue weighted by atomic mass is 16.3. The number of hydrogen-bond donors (Lipinski definition) is 2. The van der Waals surface area contributed by atoms with Crippen molar-refractivity contribution in [1.29, 1.82) is 0 Å². The summed E-state index contributed by atoms with van der Waals surface area (Å²) in [7, 11) is 0. The molecule has 0 saturated carbocycles. The van der Waals surface area contributed by atoms with E-state index in [1.807, 2.05) is 6.92 Å². The van der Waals surface area contributed by atoms with Gasteiger partial charge in [0.25, 0.3) is 0 Å². The maximum atomic E-state index is 9.33. The lowest BCUT2D eigenvalue weighted by Crippen LogP contribution is -2.42. The summed E-state index contributed by atoms with van der Waals surface area (Å²) in [5.74, 6) is 0.887. The second-order valence-electron chi connectivity index (χ2n) is 5.19. The summed E-state index contributed by atoms with van der Waals surface area (Å²) >= 11 is 0. The number of aliphatic hydroxyl groups is 1. The van der Waals surface area contributed by atoms with Crippen molar-refractivity contribution >= 4 is 0 Å². The first-order valence-electron chi connectivity index (χ1n) is 6.39. The predicted molar refractivity (Wildman–Crippen MR) is 61.9 cm³/mol. The zero-order chi connectivity index (χ0) is 10.7. The van der Waals surface area contributed by atoms with Crippen LogP contribution in [-0.2, 0) is 0 Å². The molecule has 0 spiro atoms. The van der Waals surface area contributed by atoms with Gasteiger partial charge >= 0.3 is 0 Å². The van der Waals surface area contributed by atoms with Crippen LogP contribution in [0.15, 0.2) is 0 Å². The van der Waals surface area contributed by atoms with E-state index in [-0.39, 0.29) is 6.10 Å². The van der Waals surface area contributed by atoms with Crippen molar-refractivity contribution < 1.29 is 5.11 Å². The summed E-state index contributed by atoms with van der Waals surface area (Å²) in [6, 6.07) is 0.790. The Morgan fingerprint density at radius 1 is 1.33 bits per heavy atom. The first-order valence-corrected chi connectivity index (χ1v) is 6.39. The van der Waals surface area contributed by atoms with Crippen LogP contribution < -0.4 is 5.32 Å². The van der Waals surface area contributed by atoms with E-state index >= 15 is 0 Å². The third-order valence-corrected chi connectivity index (χ3v) is 3.82. The zero-order valence-corrected chi connectivity index (χ0v) is 9.78. The SMILES string of the molecule is CC(O)CN1CCC(C2CCCN2)CC1. The van der Waals surface area contributed by atoms with Gasteiger partial charge in [-0.15, -0.1) is 0 Å². The van der Waals surface area contributed by atoms with Crippen LogP contribution in [0.4, 0.5) is 0 Å². The van der Waals surface area contributed by atoms with E-state index in [0.717, 1.165) is 18.5 Å². The van der Waals surface area contributed by atoms with Crippen molar-refractivity contribution in [3.8, 4) is 0 Å². The molecule has 0 bridgehead atoms. The van der Waals surface area contributed by atoms with Gasteiger partial charge in [-0.3, -0.25) is 0 Å². The maximum absolute atomic E-state index is 9.33. The molecule has 2 atom stereocenters. The average Bonchev–Trinajstić information content (AvgIpc) is 2.71. The monoisotopic (exact) mass is 212 g/mol. The third kappa shape index (κ3) is 3.16. The fourth-order valence-corrected chi connectivity index (χ4v) is 3.03. The summed E-state index contributed by atoms with van der Waals surface area (Å²) in [6.45, 7) is 6.30. The van der Waals surface area contributed by atoms with Crippen LogP contribution in [0, 0.1) is 5.92 Å². The molecule has 0 radical (unpaired) electrons. The van der Waals surface area contributed by atoms with E-state index in [1.165, 1.54) is 45.3 Å². The molecule has 0 amide bonds. The molecule has 0 aliphatic carbocycles. The van der Waals surface area contributed by atoms with Crippen molar-refractivity contribution in [2.75, 3.05) is 26.2 Å². The minimum atomic E-state index is -0.175. The topological polar surface area (TPSA) is 35.5 Å².